The number of ether oxygens (including phenoxy) is 3. The van der Waals surface area contributed by atoms with E-state index < -0.39 is 42.4 Å². The highest BCUT2D eigenvalue weighted by Crippen LogP contribution is 2.40. The van der Waals surface area contributed by atoms with Crippen molar-refractivity contribution >= 4 is 5.97 Å². The first kappa shape index (κ1) is 17.9. The Hall–Kier alpha value is -2.13. The lowest BCUT2D eigenvalue weighted by atomic mass is 10.1. The Bertz CT molecular complexity index is 533. The number of nitrogens with zero attached hydrogens (tertiary/aromatic N) is 1. The molecule has 0 amide bonds. The Morgan fingerprint density at radius 3 is 2.41 bits per heavy atom. The molecule has 10 heteroatoms. The van der Waals surface area contributed by atoms with E-state index in [9.17, 15) is 26.7 Å². The highest BCUT2D eigenvalue weighted by atomic mass is 19.4. The summed E-state index contributed by atoms with van der Waals surface area (Å²) in [4.78, 5) is 14.7. The summed E-state index contributed by atoms with van der Waals surface area (Å²) in [5.74, 6) is -2.77. The zero-order chi connectivity index (χ0) is 16.9. The molecular weight excluding hydrogens is 317 g/mol. The second kappa shape index (κ2) is 7.23. The van der Waals surface area contributed by atoms with Crippen molar-refractivity contribution in [1.29, 1.82) is 0 Å². The number of methoxy groups -OCH3 is 1. The van der Waals surface area contributed by atoms with Gasteiger partial charge in [-0.3, -0.25) is 9.78 Å². The van der Waals surface area contributed by atoms with Gasteiger partial charge in [0, 0.05) is 11.8 Å². The first-order valence-electron chi connectivity index (χ1n) is 5.94. The molecule has 1 aromatic heterocycles. The molecule has 0 atom stereocenters. The number of esters is 1. The van der Waals surface area contributed by atoms with Crippen LogP contribution < -0.4 is 9.47 Å². The number of hydrogen-bond acceptors (Lipinski definition) is 5. The van der Waals surface area contributed by atoms with Gasteiger partial charge in [0.2, 0.25) is 0 Å². The van der Waals surface area contributed by atoms with Crippen molar-refractivity contribution in [3.8, 4) is 11.5 Å². The molecule has 0 saturated carbocycles. The maximum Gasteiger partial charge on any atom is 0.573 e. The molecule has 22 heavy (non-hydrogen) atoms. The topological polar surface area (TPSA) is 57.7 Å². The summed E-state index contributed by atoms with van der Waals surface area (Å²) in [6.45, 7) is 1.51. The number of halogens is 5. The number of carbonyl (C=O) groups is 1. The quantitative estimate of drug-likeness (QED) is 0.593. The van der Waals surface area contributed by atoms with Gasteiger partial charge in [0.25, 0.3) is 6.43 Å². The van der Waals surface area contributed by atoms with Gasteiger partial charge in [0.1, 0.15) is 0 Å². The predicted molar refractivity (Wildman–Crippen MR) is 62.8 cm³/mol. The van der Waals surface area contributed by atoms with Crippen LogP contribution in [0.15, 0.2) is 6.20 Å². The van der Waals surface area contributed by atoms with E-state index in [1.807, 2.05) is 0 Å². The summed E-state index contributed by atoms with van der Waals surface area (Å²) < 4.78 is 75.8. The Labute approximate surface area is 122 Å². The molecule has 124 valence electrons. The molecule has 0 aliphatic rings. The van der Waals surface area contributed by atoms with E-state index in [1.165, 1.54) is 6.92 Å². The highest BCUT2D eigenvalue weighted by Gasteiger charge is 2.36. The summed E-state index contributed by atoms with van der Waals surface area (Å²) in [6, 6.07) is 0. The van der Waals surface area contributed by atoms with Crippen LogP contribution in [0.4, 0.5) is 22.0 Å². The lowest BCUT2D eigenvalue weighted by Gasteiger charge is -2.18. The summed E-state index contributed by atoms with van der Waals surface area (Å²) in [6.07, 6.45) is -8.27. The molecule has 0 radical (unpaired) electrons. The Kier molecular flexibility index (Phi) is 5.89. The van der Waals surface area contributed by atoms with Gasteiger partial charge in [-0.15, -0.1) is 13.2 Å². The molecule has 1 aromatic rings. The summed E-state index contributed by atoms with van der Waals surface area (Å²) >= 11 is 0. The minimum Gasteiger partial charge on any atom is -0.491 e. The van der Waals surface area contributed by atoms with E-state index in [2.05, 4.69) is 19.2 Å². The van der Waals surface area contributed by atoms with E-state index in [-0.39, 0.29) is 12.2 Å². The Morgan fingerprint density at radius 2 is 1.95 bits per heavy atom. The molecule has 0 saturated heterocycles. The van der Waals surface area contributed by atoms with Crippen molar-refractivity contribution in [2.75, 3.05) is 13.7 Å². The average Bonchev–Trinajstić information content (AvgIpc) is 2.38. The van der Waals surface area contributed by atoms with Crippen molar-refractivity contribution < 1.29 is 41.0 Å². The lowest BCUT2D eigenvalue weighted by molar-refractivity contribution is -0.275. The maximum absolute atomic E-state index is 12.8. The van der Waals surface area contributed by atoms with Crippen LogP contribution in [0.1, 0.15) is 24.6 Å². The first-order chi connectivity index (χ1) is 10.2. The molecule has 0 bridgehead atoms. The Balaban J connectivity index is 3.33. The summed E-state index contributed by atoms with van der Waals surface area (Å²) in [5.41, 5.74) is -1.40. The van der Waals surface area contributed by atoms with E-state index in [0.29, 0.717) is 6.20 Å². The molecule has 0 aliphatic carbocycles. The number of aromatic nitrogens is 1. The molecule has 0 aromatic carbocycles. The van der Waals surface area contributed by atoms with E-state index in [1.54, 1.807) is 0 Å². The molecule has 1 heterocycles. The maximum atomic E-state index is 12.8. The zero-order valence-corrected chi connectivity index (χ0v) is 11.5. The fourth-order valence-electron chi connectivity index (χ4n) is 1.60. The lowest BCUT2D eigenvalue weighted by Crippen LogP contribution is -2.20. The van der Waals surface area contributed by atoms with Gasteiger partial charge >= 0.3 is 12.3 Å². The van der Waals surface area contributed by atoms with Crippen molar-refractivity contribution in [2.24, 2.45) is 0 Å². The van der Waals surface area contributed by atoms with Crippen LogP contribution in [0.25, 0.3) is 0 Å². The standard InChI is InChI=1S/C12H12F5NO4/c1-3-21-7(19)4-6-5-18-8(11(13)14)10(20-2)9(6)22-12(15,16)17/h5,11H,3-4H2,1-2H3. The van der Waals surface area contributed by atoms with Crippen LogP contribution in [-0.2, 0) is 16.0 Å². The van der Waals surface area contributed by atoms with Crippen LogP contribution in [0.2, 0.25) is 0 Å². The van der Waals surface area contributed by atoms with Gasteiger partial charge in [-0.2, -0.15) is 0 Å². The summed E-state index contributed by atoms with van der Waals surface area (Å²) in [5, 5.41) is 0. The van der Waals surface area contributed by atoms with Gasteiger partial charge in [-0.25, -0.2) is 8.78 Å². The minimum atomic E-state index is -5.16. The first-order valence-corrected chi connectivity index (χ1v) is 5.94. The predicted octanol–water partition coefficient (Wildman–Crippen LogP) is 3.03. The van der Waals surface area contributed by atoms with Crippen LogP contribution in [0.3, 0.4) is 0 Å². The number of alkyl halides is 5. The normalized spacial score (nSPS) is 11.5. The Morgan fingerprint density at radius 1 is 1.32 bits per heavy atom. The highest BCUT2D eigenvalue weighted by molar-refractivity contribution is 5.74. The molecule has 0 spiro atoms. The number of carbonyl (C=O) groups excluding carboxylic acids is 1. The van der Waals surface area contributed by atoms with Crippen LogP contribution in [0.5, 0.6) is 11.5 Å². The van der Waals surface area contributed by atoms with Crippen molar-refractivity contribution in [3.05, 3.63) is 17.5 Å². The smallest absolute Gasteiger partial charge is 0.491 e. The van der Waals surface area contributed by atoms with Crippen LogP contribution >= 0.6 is 0 Å². The van der Waals surface area contributed by atoms with E-state index in [0.717, 1.165) is 7.11 Å². The number of pyridine rings is 1. The fourth-order valence-corrected chi connectivity index (χ4v) is 1.60. The largest absolute Gasteiger partial charge is 0.573 e. The zero-order valence-electron chi connectivity index (χ0n) is 11.5. The SMILES string of the molecule is CCOC(=O)Cc1cnc(C(F)F)c(OC)c1OC(F)(F)F. The fraction of sp³-hybridized carbons (Fsp3) is 0.500. The number of hydrogen-bond donors (Lipinski definition) is 0. The molecular formula is C12H12F5NO4. The van der Waals surface area contributed by atoms with Gasteiger partial charge in [0.15, 0.2) is 17.2 Å². The monoisotopic (exact) mass is 329 g/mol. The molecule has 5 nitrogen and oxygen atoms in total. The molecule has 0 unspecified atom stereocenters. The third kappa shape index (κ3) is 4.71. The van der Waals surface area contributed by atoms with Gasteiger partial charge < -0.3 is 14.2 Å². The van der Waals surface area contributed by atoms with Gasteiger partial charge in [0.05, 0.1) is 20.1 Å². The van der Waals surface area contributed by atoms with Gasteiger partial charge in [-0.1, -0.05) is 0 Å². The number of rotatable bonds is 6. The van der Waals surface area contributed by atoms with Crippen LogP contribution in [-0.4, -0.2) is 31.0 Å². The van der Waals surface area contributed by atoms with Crippen LogP contribution in [0, 0.1) is 0 Å². The second-order valence-corrected chi connectivity index (χ2v) is 3.86. The van der Waals surface area contributed by atoms with Crippen molar-refractivity contribution in [3.63, 3.8) is 0 Å². The third-order valence-electron chi connectivity index (χ3n) is 2.36. The van der Waals surface area contributed by atoms with Crippen molar-refractivity contribution in [1.82, 2.24) is 4.98 Å². The third-order valence-corrected chi connectivity index (χ3v) is 2.36. The average molecular weight is 329 g/mol. The van der Waals surface area contributed by atoms with E-state index >= 15 is 0 Å². The van der Waals surface area contributed by atoms with Gasteiger partial charge in [-0.05, 0) is 6.92 Å². The summed E-state index contributed by atoms with van der Waals surface area (Å²) in [7, 11) is 0.889. The molecule has 0 N–H and O–H groups in total. The second-order valence-electron chi connectivity index (χ2n) is 3.86. The molecule has 1 rings (SSSR count). The minimum absolute atomic E-state index is 0.00791. The molecule has 0 fully saturated rings. The van der Waals surface area contributed by atoms with E-state index in [4.69, 9.17) is 0 Å². The molecule has 0 aliphatic heterocycles. The van der Waals surface area contributed by atoms with Crippen molar-refractivity contribution in [2.45, 2.75) is 26.1 Å².